The van der Waals surface area contributed by atoms with Crippen molar-refractivity contribution in [2.24, 2.45) is 17.2 Å². The average Bonchev–Trinajstić information content (AvgIpc) is 3.26. The van der Waals surface area contributed by atoms with E-state index in [2.05, 4.69) is 46.7 Å². The van der Waals surface area contributed by atoms with Crippen LogP contribution in [0.25, 0.3) is 22.5 Å². The molecule has 10 N–H and O–H groups in total. The molecule has 348 valence electrons. The highest BCUT2D eigenvalue weighted by atomic mass is 16.5. The first-order chi connectivity index (χ1) is 30.8. The molecule has 4 atom stereocenters. The number of phenols is 1. The van der Waals surface area contributed by atoms with Crippen molar-refractivity contribution in [3.8, 4) is 39.8 Å². The first-order valence-corrected chi connectivity index (χ1v) is 21.4. The third kappa shape index (κ3) is 11.6. The van der Waals surface area contributed by atoms with E-state index in [1.165, 1.54) is 27.1 Å². The summed E-state index contributed by atoms with van der Waals surface area (Å²) in [6, 6.07) is 10.6. The number of fused-ring (bicyclic) bond motifs is 5. The first kappa shape index (κ1) is 49.4. The van der Waals surface area contributed by atoms with Gasteiger partial charge in [0.25, 0.3) is 5.91 Å². The molecule has 0 fully saturated rings. The lowest BCUT2D eigenvalue weighted by Crippen LogP contribution is -2.55. The van der Waals surface area contributed by atoms with Crippen LogP contribution >= 0.6 is 0 Å². The molecule has 1 aliphatic heterocycles. The first-order valence-electron chi connectivity index (χ1n) is 21.4. The van der Waals surface area contributed by atoms with Gasteiger partial charge in [-0.3, -0.25) is 19.2 Å². The molecule has 4 bridgehead atoms. The van der Waals surface area contributed by atoms with Gasteiger partial charge in [-0.25, -0.2) is 14.8 Å². The maximum Gasteiger partial charge on any atom is 0.328 e. The van der Waals surface area contributed by atoms with Crippen molar-refractivity contribution in [2.75, 3.05) is 47.0 Å². The van der Waals surface area contributed by atoms with Gasteiger partial charge in [-0.2, -0.15) is 0 Å². The summed E-state index contributed by atoms with van der Waals surface area (Å²) in [6.45, 7) is 11.5. The van der Waals surface area contributed by atoms with Crippen LogP contribution in [0.15, 0.2) is 54.6 Å². The minimum atomic E-state index is -1.45. The predicted octanol–water partition coefficient (Wildman–Crippen LogP) is 2.47. The maximum absolute atomic E-state index is 14.7. The fraction of sp³-hybridized carbons (Fsp3) is 0.426. The van der Waals surface area contributed by atoms with Crippen LogP contribution in [0.1, 0.15) is 78.6 Å². The minimum absolute atomic E-state index is 0.0145. The van der Waals surface area contributed by atoms with E-state index in [1.807, 2.05) is 24.3 Å². The van der Waals surface area contributed by atoms with Crippen LogP contribution in [0.2, 0.25) is 0 Å². The number of ether oxygens (including phenoxy) is 3. The van der Waals surface area contributed by atoms with E-state index in [4.69, 9.17) is 31.4 Å². The van der Waals surface area contributed by atoms with Gasteiger partial charge >= 0.3 is 5.97 Å². The highest BCUT2D eigenvalue weighted by Crippen LogP contribution is 2.44. The Bertz CT molecular complexity index is 2380. The summed E-state index contributed by atoms with van der Waals surface area (Å²) >= 11 is 0. The van der Waals surface area contributed by atoms with Crippen LogP contribution in [0.4, 0.5) is 0 Å². The molecule has 18 heteroatoms. The molecule has 18 nitrogen and oxygen atoms in total. The molecule has 65 heavy (non-hydrogen) atoms. The number of esters is 1. The van der Waals surface area contributed by atoms with E-state index in [9.17, 15) is 29.1 Å². The van der Waals surface area contributed by atoms with Gasteiger partial charge in [-0.15, -0.1) is 0 Å². The number of aromatic nitrogens is 2. The summed E-state index contributed by atoms with van der Waals surface area (Å²) in [7, 11) is 2.56. The molecule has 4 aromatic rings. The predicted molar refractivity (Wildman–Crippen MR) is 244 cm³/mol. The number of carbonyl (C=O) groups excluding carboxylic acids is 5. The van der Waals surface area contributed by atoms with Crippen LogP contribution in [-0.2, 0) is 35.8 Å². The number of hydrogen-bond acceptors (Lipinski definition) is 14. The van der Waals surface area contributed by atoms with Gasteiger partial charge in [-0.1, -0.05) is 51.1 Å². The largest absolute Gasteiger partial charge is 0.504 e. The number of phenolic OH excluding ortho intramolecular Hbond substituents is 1. The Balaban J connectivity index is 1.58. The highest BCUT2D eigenvalue weighted by molar-refractivity contribution is 6.00. The van der Waals surface area contributed by atoms with Gasteiger partial charge < -0.3 is 57.4 Å². The van der Waals surface area contributed by atoms with Crippen molar-refractivity contribution >= 4 is 29.6 Å². The van der Waals surface area contributed by atoms with E-state index >= 15 is 0 Å². The molecule has 0 saturated carbocycles. The molecule has 2 heterocycles. The van der Waals surface area contributed by atoms with Crippen molar-refractivity contribution in [3.05, 3.63) is 88.2 Å². The second-order valence-corrected chi connectivity index (χ2v) is 16.9. The topological polar surface area (TPSA) is 276 Å². The summed E-state index contributed by atoms with van der Waals surface area (Å²) in [5.41, 5.74) is 21.5. The van der Waals surface area contributed by atoms with E-state index in [0.717, 1.165) is 16.0 Å². The lowest BCUT2D eigenvalue weighted by atomic mass is 9.86. The van der Waals surface area contributed by atoms with Crippen LogP contribution in [0, 0.1) is 13.8 Å². The number of nitrogens with one attached hydrogen (secondary N) is 3. The molecule has 5 rings (SSSR count). The monoisotopic (exact) mass is 895 g/mol. The molecule has 1 aliphatic rings. The molecule has 0 aliphatic carbocycles. The summed E-state index contributed by atoms with van der Waals surface area (Å²) in [4.78, 5) is 80.5. The van der Waals surface area contributed by atoms with E-state index < -0.39 is 53.8 Å². The van der Waals surface area contributed by atoms with Crippen LogP contribution in [-0.4, -0.2) is 115 Å². The van der Waals surface area contributed by atoms with Crippen molar-refractivity contribution in [3.63, 3.8) is 0 Å². The fourth-order valence-corrected chi connectivity index (χ4v) is 7.59. The number of aromatic hydroxyl groups is 1. The zero-order valence-corrected chi connectivity index (χ0v) is 38.2. The molecule has 4 amide bonds. The Hall–Kier alpha value is -6.63. The Morgan fingerprint density at radius 1 is 0.877 bits per heavy atom. The van der Waals surface area contributed by atoms with Gasteiger partial charge in [0.2, 0.25) is 17.7 Å². The van der Waals surface area contributed by atoms with Crippen molar-refractivity contribution in [1.82, 2.24) is 30.8 Å². The molecule has 3 aromatic carbocycles. The summed E-state index contributed by atoms with van der Waals surface area (Å²) in [5, 5.41) is 19.8. The molecule has 1 aromatic heterocycles. The fourth-order valence-electron chi connectivity index (χ4n) is 7.59. The van der Waals surface area contributed by atoms with Crippen molar-refractivity contribution < 1.29 is 43.3 Å². The minimum Gasteiger partial charge on any atom is -0.504 e. The lowest BCUT2D eigenvalue weighted by Gasteiger charge is -2.32. The zero-order chi connectivity index (χ0) is 47.7. The van der Waals surface area contributed by atoms with Gasteiger partial charge in [0.05, 0.1) is 24.1 Å². The molecule has 0 saturated heterocycles. The second kappa shape index (κ2) is 21.4. The Kier molecular flexibility index (Phi) is 16.2. The smallest absolute Gasteiger partial charge is 0.328 e. The van der Waals surface area contributed by atoms with Crippen molar-refractivity contribution in [2.45, 2.75) is 84.0 Å². The van der Waals surface area contributed by atoms with Crippen LogP contribution < -0.4 is 42.6 Å². The van der Waals surface area contributed by atoms with Crippen molar-refractivity contribution in [1.29, 1.82) is 0 Å². The Morgan fingerprint density at radius 3 is 2.09 bits per heavy atom. The Labute approximate surface area is 379 Å². The van der Waals surface area contributed by atoms with Gasteiger partial charge in [0.15, 0.2) is 17.3 Å². The number of benzene rings is 3. The molecule has 0 spiro atoms. The maximum atomic E-state index is 14.7. The highest BCUT2D eigenvalue weighted by Gasteiger charge is 2.37. The van der Waals surface area contributed by atoms with E-state index in [1.54, 1.807) is 38.1 Å². The molecular formula is C47H61N9O9. The molecule has 0 radical (unpaired) electrons. The van der Waals surface area contributed by atoms with Gasteiger partial charge in [0.1, 0.15) is 43.1 Å². The van der Waals surface area contributed by atoms with Crippen LogP contribution in [0.5, 0.6) is 17.2 Å². The number of amides is 4. The number of carbonyl (C=O) groups is 5. The average molecular weight is 896 g/mol. The second-order valence-electron chi connectivity index (χ2n) is 16.9. The summed E-state index contributed by atoms with van der Waals surface area (Å²) < 4.78 is 16.9. The number of nitrogens with zero attached hydrogens (tertiary/aromatic N) is 3. The standard InChI is InChI=1S/C47H61N9O9/c1-25-38(26(2)52-41(51-25)29-9-12-31(13-10-29)47(4,5)6)43(59)54-34(15-16-48)45(61)56(7)39-30-11-14-36(64-19-17-49)32(24-30)33-21-28(23-37(40(33)57)65-20-18-50)22-35(46(62)63-8)55-42(58)27(3)53-44(39)60/h9-14,21,23-24,27,34-35,39,57H,15-20,22,48-50H2,1-8H3,(H,53,60)(H,54,59)(H,55,58)/t27-,34-,35-,39-/m0/s1. The summed E-state index contributed by atoms with van der Waals surface area (Å²) in [5.74, 6) is -3.18. The number of aryl methyl sites for hydroxylation is 2. The third-order valence-corrected chi connectivity index (χ3v) is 11.0. The molecular weight excluding hydrogens is 835 g/mol. The van der Waals surface area contributed by atoms with E-state index in [-0.39, 0.29) is 90.6 Å². The number of methoxy groups -OCH3 is 1. The summed E-state index contributed by atoms with van der Waals surface area (Å²) in [6.07, 6.45) is -0.115. The number of hydrogen-bond donors (Lipinski definition) is 7. The quantitative estimate of drug-likeness (QED) is 0.0897. The van der Waals surface area contributed by atoms with Gasteiger partial charge in [0, 0.05) is 43.2 Å². The zero-order valence-electron chi connectivity index (χ0n) is 38.2. The third-order valence-electron chi connectivity index (χ3n) is 11.0. The normalized spacial score (nSPS) is 16.9. The van der Waals surface area contributed by atoms with Crippen LogP contribution in [0.3, 0.4) is 0 Å². The van der Waals surface area contributed by atoms with E-state index in [0.29, 0.717) is 22.8 Å². The SMILES string of the molecule is COC(=O)[C@@H]1Cc2cc(OCCN)c(O)c(c2)-c2cc(ccc2OCCN)[C@H](N(C)C(=O)[C@H](CCN)NC(=O)c2c(C)nc(-c3ccc(C(C)(C)C)cc3)nc2C)C(=O)N[C@@H](C)C(=O)N1. The molecule has 0 unspecified atom stereocenters. The lowest BCUT2D eigenvalue weighted by molar-refractivity contribution is -0.145. The Morgan fingerprint density at radius 2 is 1.51 bits per heavy atom. The number of nitrogens with two attached hydrogens (primary N) is 3. The number of rotatable bonds is 14. The number of likely N-dealkylation sites (N-methyl/N-ethyl adjacent to an activating group) is 1. The van der Waals surface area contributed by atoms with Gasteiger partial charge in [-0.05, 0) is 80.1 Å².